The Bertz CT molecular complexity index is 145. The van der Waals surface area contributed by atoms with Gasteiger partial charge in [-0.2, -0.15) is 4.37 Å². The van der Waals surface area contributed by atoms with Gasteiger partial charge in [-0.1, -0.05) is 0 Å². The van der Waals surface area contributed by atoms with E-state index in [1.165, 1.54) is 17.0 Å². The van der Waals surface area contributed by atoms with Gasteiger partial charge >= 0.3 is 0 Å². The van der Waals surface area contributed by atoms with Gasteiger partial charge in [0, 0.05) is 0 Å². The van der Waals surface area contributed by atoms with Crippen LogP contribution in [0.4, 0.5) is 5.95 Å². The number of hydrogen-bond acceptors (Lipinski definition) is 5. The highest BCUT2D eigenvalue weighted by atomic mass is 32.1. The van der Waals surface area contributed by atoms with Crippen molar-refractivity contribution in [3.8, 4) is 0 Å². The second kappa shape index (κ2) is 1.74. The van der Waals surface area contributed by atoms with E-state index in [2.05, 4.69) is 14.5 Å². The van der Waals surface area contributed by atoms with Crippen molar-refractivity contribution < 1.29 is 0 Å². The van der Waals surface area contributed by atoms with E-state index in [1.807, 2.05) is 0 Å². The van der Waals surface area contributed by atoms with Crippen molar-refractivity contribution in [2.45, 2.75) is 0 Å². The van der Waals surface area contributed by atoms with Gasteiger partial charge in [0.05, 0.1) is 0 Å². The maximum absolute atomic E-state index is 6.37. The smallest absolute Gasteiger partial charge is 0.205 e. The van der Waals surface area contributed by atoms with Crippen LogP contribution in [0.3, 0.4) is 0 Å². The van der Waals surface area contributed by atoms with Crippen LogP contribution in [0.1, 0.15) is 0 Å². The van der Waals surface area contributed by atoms with Crippen molar-refractivity contribution in [2.75, 3.05) is 0 Å². The molecule has 1 heterocycles. The normalized spacial score (nSPS) is 8.57. The molecule has 7 heavy (non-hydrogen) atoms. The van der Waals surface area contributed by atoms with Crippen LogP contribution in [0.15, 0.2) is 10.6 Å². The molecule has 1 rings (SSSR count). The van der Waals surface area contributed by atoms with Gasteiger partial charge in [-0.25, -0.2) is 10.5 Å². The zero-order valence-electron chi connectivity index (χ0n) is 3.33. The SMILES string of the molecule is N=Nc1ncsn1. The van der Waals surface area contributed by atoms with Crippen molar-refractivity contribution in [1.29, 1.82) is 5.53 Å². The third kappa shape index (κ3) is 0.774. The van der Waals surface area contributed by atoms with Gasteiger partial charge in [-0.3, -0.25) is 0 Å². The summed E-state index contributed by atoms with van der Waals surface area (Å²) in [4.78, 5) is 3.59. The Morgan fingerprint density at radius 1 is 1.86 bits per heavy atom. The van der Waals surface area contributed by atoms with E-state index in [4.69, 9.17) is 5.53 Å². The molecule has 0 aliphatic heterocycles. The Labute approximate surface area is 43.9 Å². The van der Waals surface area contributed by atoms with E-state index in [1.54, 1.807) is 0 Å². The van der Waals surface area contributed by atoms with E-state index in [9.17, 15) is 0 Å². The Morgan fingerprint density at radius 2 is 2.71 bits per heavy atom. The minimum atomic E-state index is 0.241. The predicted molar refractivity (Wildman–Crippen MR) is 24.7 cm³/mol. The summed E-state index contributed by atoms with van der Waals surface area (Å²) in [5, 5.41) is 2.97. The first kappa shape index (κ1) is 4.32. The summed E-state index contributed by atoms with van der Waals surface area (Å²) >= 11 is 1.19. The lowest BCUT2D eigenvalue weighted by molar-refractivity contribution is 1.07. The number of nitrogens with zero attached hydrogens (tertiary/aromatic N) is 3. The molecule has 0 saturated heterocycles. The second-order valence-corrected chi connectivity index (χ2v) is 1.45. The fraction of sp³-hybridized carbons (Fsp3) is 0. The summed E-state index contributed by atoms with van der Waals surface area (Å²) in [7, 11) is 0. The van der Waals surface area contributed by atoms with Gasteiger partial charge in [0.25, 0.3) is 5.95 Å². The highest BCUT2D eigenvalue weighted by Gasteiger charge is 1.85. The third-order valence-electron chi connectivity index (χ3n) is 0.450. The van der Waals surface area contributed by atoms with Gasteiger partial charge < -0.3 is 0 Å². The standard InChI is InChI=1S/C2H2N4S/c3-5-2-4-1-7-6-2/h1,3H. The van der Waals surface area contributed by atoms with Crippen molar-refractivity contribution in [1.82, 2.24) is 9.36 Å². The minimum absolute atomic E-state index is 0.241. The lowest BCUT2D eigenvalue weighted by atomic mass is 11.1. The first-order valence-electron chi connectivity index (χ1n) is 1.57. The summed E-state index contributed by atoms with van der Waals surface area (Å²) < 4.78 is 3.61. The molecule has 0 spiro atoms. The van der Waals surface area contributed by atoms with Crippen LogP contribution < -0.4 is 0 Å². The number of nitrogens with one attached hydrogen (secondary N) is 1. The molecule has 0 saturated carbocycles. The second-order valence-electron chi connectivity index (χ2n) is 0.843. The van der Waals surface area contributed by atoms with Crippen LogP contribution in [-0.2, 0) is 0 Å². The van der Waals surface area contributed by atoms with E-state index in [0.29, 0.717) is 0 Å². The first-order chi connectivity index (χ1) is 3.43. The van der Waals surface area contributed by atoms with Crippen molar-refractivity contribution in [2.24, 2.45) is 5.11 Å². The van der Waals surface area contributed by atoms with E-state index in [0.717, 1.165) is 0 Å². The fourth-order valence-corrected chi connectivity index (χ4v) is 0.585. The topological polar surface area (TPSA) is 62.0 Å². The molecule has 0 fully saturated rings. The molecule has 0 unspecified atom stereocenters. The van der Waals surface area contributed by atoms with Gasteiger partial charge in [0.1, 0.15) is 5.51 Å². The molecular formula is C2H2N4S. The van der Waals surface area contributed by atoms with Crippen LogP contribution >= 0.6 is 11.5 Å². The molecule has 0 aliphatic rings. The Balaban J connectivity index is 2.96. The van der Waals surface area contributed by atoms with Crippen LogP contribution in [0.25, 0.3) is 0 Å². The van der Waals surface area contributed by atoms with Crippen LogP contribution in [0.5, 0.6) is 0 Å². The van der Waals surface area contributed by atoms with E-state index < -0.39 is 0 Å². The molecular weight excluding hydrogens is 112 g/mol. The highest BCUT2D eigenvalue weighted by Crippen LogP contribution is 2.01. The lowest BCUT2D eigenvalue weighted by Crippen LogP contribution is -1.57. The lowest BCUT2D eigenvalue weighted by Gasteiger charge is -1.66. The Morgan fingerprint density at radius 3 is 3.00 bits per heavy atom. The summed E-state index contributed by atoms with van der Waals surface area (Å²) in [6.07, 6.45) is 0. The van der Waals surface area contributed by atoms with Crippen molar-refractivity contribution in [3.63, 3.8) is 0 Å². The zero-order valence-corrected chi connectivity index (χ0v) is 4.14. The molecule has 1 aromatic heterocycles. The van der Waals surface area contributed by atoms with Gasteiger partial charge in [0.2, 0.25) is 0 Å². The average molecular weight is 114 g/mol. The van der Waals surface area contributed by atoms with Crippen LogP contribution in [-0.4, -0.2) is 9.36 Å². The molecule has 5 heteroatoms. The minimum Gasteiger partial charge on any atom is -0.205 e. The fourth-order valence-electron chi connectivity index (χ4n) is 0.214. The first-order valence-corrected chi connectivity index (χ1v) is 2.41. The summed E-state index contributed by atoms with van der Waals surface area (Å²) in [5.41, 5.74) is 7.90. The number of aromatic nitrogens is 2. The van der Waals surface area contributed by atoms with E-state index in [-0.39, 0.29) is 5.95 Å². The maximum Gasteiger partial charge on any atom is 0.279 e. The van der Waals surface area contributed by atoms with Crippen LogP contribution in [0.2, 0.25) is 0 Å². The molecule has 36 valence electrons. The number of hydrogen-bond donors (Lipinski definition) is 1. The quantitative estimate of drug-likeness (QED) is 0.557. The maximum atomic E-state index is 6.37. The summed E-state index contributed by atoms with van der Waals surface area (Å²) in [6, 6.07) is 0. The monoisotopic (exact) mass is 114 g/mol. The van der Waals surface area contributed by atoms with Crippen LogP contribution in [0, 0.1) is 5.53 Å². The summed E-state index contributed by atoms with van der Waals surface area (Å²) in [5.74, 6) is 0.241. The van der Waals surface area contributed by atoms with Crippen molar-refractivity contribution >= 4 is 17.5 Å². The molecule has 0 aromatic carbocycles. The van der Waals surface area contributed by atoms with E-state index >= 15 is 0 Å². The van der Waals surface area contributed by atoms with Gasteiger partial charge in [-0.05, 0) is 11.5 Å². The molecule has 0 bridgehead atoms. The molecule has 0 atom stereocenters. The Hall–Kier alpha value is -0.840. The number of rotatable bonds is 1. The molecule has 1 aromatic rings. The van der Waals surface area contributed by atoms with Gasteiger partial charge in [0.15, 0.2) is 0 Å². The average Bonchev–Trinajstić information content (AvgIpc) is 2.14. The van der Waals surface area contributed by atoms with Gasteiger partial charge in [-0.15, -0.1) is 5.11 Å². The highest BCUT2D eigenvalue weighted by molar-refractivity contribution is 7.03. The largest absolute Gasteiger partial charge is 0.279 e. The summed E-state index contributed by atoms with van der Waals surface area (Å²) in [6.45, 7) is 0. The third-order valence-corrected chi connectivity index (χ3v) is 0.918. The molecule has 0 radical (unpaired) electrons. The van der Waals surface area contributed by atoms with Crippen molar-refractivity contribution in [3.05, 3.63) is 5.51 Å². The zero-order chi connectivity index (χ0) is 5.11. The molecule has 1 N–H and O–H groups in total. The molecule has 0 aliphatic carbocycles. The Kier molecular flexibility index (Phi) is 1.08. The molecule has 4 nitrogen and oxygen atoms in total. The molecule has 0 amide bonds. The predicted octanol–water partition coefficient (Wildman–Crippen LogP) is 1.20.